The summed E-state index contributed by atoms with van der Waals surface area (Å²) in [5, 5.41) is 11.8. The van der Waals surface area contributed by atoms with Crippen molar-refractivity contribution in [3.8, 4) is 0 Å². The summed E-state index contributed by atoms with van der Waals surface area (Å²) in [5.41, 5.74) is 0.739. The van der Waals surface area contributed by atoms with E-state index in [1.165, 1.54) is 19.3 Å². The van der Waals surface area contributed by atoms with Crippen LogP contribution in [0.2, 0.25) is 0 Å². The maximum Gasteiger partial charge on any atom is 0.217 e. The molecule has 2 nitrogen and oxygen atoms in total. The van der Waals surface area contributed by atoms with Crippen molar-refractivity contribution in [3.63, 3.8) is 0 Å². The summed E-state index contributed by atoms with van der Waals surface area (Å²) in [6, 6.07) is 9.34. The predicted molar refractivity (Wildman–Crippen MR) is 57.8 cm³/mol. The Morgan fingerprint density at radius 1 is 1.07 bits per heavy atom. The molecule has 15 heavy (non-hydrogen) atoms. The van der Waals surface area contributed by atoms with Crippen molar-refractivity contribution in [2.75, 3.05) is 0 Å². The van der Waals surface area contributed by atoms with Gasteiger partial charge in [-0.3, -0.25) is 0 Å². The Balaban J connectivity index is 1.88. The first-order valence-electron chi connectivity index (χ1n) is 5.72. The van der Waals surface area contributed by atoms with Crippen LogP contribution in [0.1, 0.15) is 44.0 Å². The standard InChI is InChI=1S/C13H17O2/c14-13(11-7-3-1-4-8-11)15-12-9-5-2-6-10-12/h1,3-4,7-8,12-13H,2,5-6,9-10H2. The average molecular weight is 205 g/mol. The Bertz CT molecular complexity index is 278. The second-order valence-corrected chi connectivity index (χ2v) is 4.14. The fourth-order valence-electron chi connectivity index (χ4n) is 2.06. The first-order valence-corrected chi connectivity index (χ1v) is 5.72. The van der Waals surface area contributed by atoms with Crippen molar-refractivity contribution >= 4 is 0 Å². The molecule has 81 valence electrons. The van der Waals surface area contributed by atoms with E-state index < -0.39 is 6.29 Å². The monoisotopic (exact) mass is 205 g/mol. The lowest BCUT2D eigenvalue weighted by Gasteiger charge is -2.24. The molecule has 0 bridgehead atoms. The molecule has 0 saturated heterocycles. The average Bonchev–Trinajstić information content (AvgIpc) is 2.31. The van der Waals surface area contributed by atoms with E-state index in [-0.39, 0.29) is 6.10 Å². The molecule has 0 heterocycles. The van der Waals surface area contributed by atoms with Crippen LogP contribution in [0, 0.1) is 0 Å². The summed E-state index contributed by atoms with van der Waals surface area (Å²) in [4.78, 5) is 0. The van der Waals surface area contributed by atoms with Crippen LogP contribution in [0.5, 0.6) is 0 Å². The second kappa shape index (κ2) is 5.29. The van der Waals surface area contributed by atoms with Crippen LogP contribution >= 0.6 is 0 Å². The Labute approximate surface area is 90.9 Å². The van der Waals surface area contributed by atoms with Gasteiger partial charge in [-0.2, -0.15) is 5.11 Å². The van der Waals surface area contributed by atoms with Gasteiger partial charge in [-0.15, -0.1) is 0 Å². The van der Waals surface area contributed by atoms with Crippen LogP contribution < -0.4 is 0 Å². The van der Waals surface area contributed by atoms with Gasteiger partial charge in [-0.1, -0.05) is 49.6 Å². The number of ether oxygens (including phenoxy) is 1. The highest BCUT2D eigenvalue weighted by Gasteiger charge is 2.19. The van der Waals surface area contributed by atoms with E-state index in [0.29, 0.717) is 0 Å². The van der Waals surface area contributed by atoms with Crippen LogP contribution in [0.25, 0.3) is 0 Å². The lowest BCUT2D eigenvalue weighted by Crippen LogP contribution is -2.19. The third kappa shape index (κ3) is 3.05. The highest BCUT2D eigenvalue weighted by Crippen LogP contribution is 2.25. The van der Waals surface area contributed by atoms with E-state index in [1.807, 2.05) is 30.3 Å². The summed E-state index contributed by atoms with van der Waals surface area (Å²) in [5.74, 6) is 0. The zero-order chi connectivity index (χ0) is 10.5. The van der Waals surface area contributed by atoms with Gasteiger partial charge >= 0.3 is 0 Å². The molecule has 1 aromatic rings. The van der Waals surface area contributed by atoms with E-state index in [4.69, 9.17) is 4.74 Å². The van der Waals surface area contributed by atoms with Crippen molar-refractivity contribution in [3.05, 3.63) is 35.9 Å². The van der Waals surface area contributed by atoms with Crippen molar-refractivity contribution in [1.82, 2.24) is 0 Å². The fourth-order valence-corrected chi connectivity index (χ4v) is 2.06. The number of hydrogen-bond acceptors (Lipinski definition) is 1. The van der Waals surface area contributed by atoms with Crippen LogP contribution in [0.15, 0.2) is 30.3 Å². The minimum absolute atomic E-state index is 0.182. The van der Waals surface area contributed by atoms with E-state index >= 15 is 0 Å². The highest BCUT2D eigenvalue weighted by atomic mass is 16.6. The summed E-state index contributed by atoms with van der Waals surface area (Å²) >= 11 is 0. The van der Waals surface area contributed by atoms with E-state index in [1.54, 1.807) is 0 Å². The molecule has 0 N–H and O–H groups in total. The number of benzene rings is 1. The second-order valence-electron chi connectivity index (χ2n) is 4.14. The molecular formula is C13H17O2. The quantitative estimate of drug-likeness (QED) is 0.695. The lowest BCUT2D eigenvalue weighted by atomic mass is 9.98. The predicted octanol–water partition coefficient (Wildman–Crippen LogP) is 3.47. The smallest absolute Gasteiger partial charge is 0.217 e. The molecular weight excluding hydrogens is 188 g/mol. The zero-order valence-corrected chi connectivity index (χ0v) is 8.89. The SMILES string of the molecule is [O]C(OC1CCCCC1)c1ccccc1. The maximum atomic E-state index is 11.8. The Morgan fingerprint density at radius 2 is 1.73 bits per heavy atom. The van der Waals surface area contributed by atoms with Crippen LogP contribution in [0.3, 0.4) is 0 Å². The van der Waals surface area contributed by atoms with Gasteiger partial charge < -0.3 is 4.74 Å². The Morgan fingerprint density at radius 3 is 2.40 bits per heavy atom. The van der Waals surface area contributed by atoms with Gasteiger partial charge in [0, 0.05) is 5.56 Å². The van der Waals surface area contributed by atoms with Gasteiger partial charge in [0.05, 0.1) is 6.10 Å². The molecule has 1 fully saturated rings. The van der Waals surface area contributed by atoms with Crippen molar-refractivity contribution < 1.29 is 9.84 Å². The van der Waals surface area contributed by atoms with E-state index in [9.17, 15) is 5.11 Å². The number of hydrogen-bond donors (Lipinski definition) is 0. The Kier molecular flexibility index (Phi) is 3.75. The van der Waals surface area contributed by atoms with Gasteiger partial charge in [-0.25, -0.2) is 0 Å². The first-order chi connectivity index (χ1) is 7.36. The summed E-state index contributed by atoms with van der Waals surface area (Å²) in [7, 11) is 0. The molecule has 1 aliphatic carbocycles. The molecule has 1 aromatic carbocycles. The molecule has 0 aliphatic heterocycles. The largest absolute Gasteiger partial charge is 0.343 e. The topological polar surface area (TPSA) is 29.1 Å². The van der Waals surface area contributed by atoms with Crippen LogP contribution in [-0.4, -0.2) is 6.10 Å². The van der Waals surface area contributed by atoms with Gasteiger partial charge in [0.25, 0.3) is 0 Å². The third-order valence-corrected chi connectivity index (χ3v) is 2.94. The summed E-state index contributed by atoms with van der Waals surface area (Å²) in [6.07, 6.45) is 4.96. The van der Waals surface area contributed by atoms with Crippen LogP contribution in [0.4, 0.5) is 0 Å². The molecule has 2 rings (SSSR count). The first kappa shape index (κ1) is 10.7. The zero-order valence-electron chi connectivity index (χ0n) is 8.89. The summed E-state index contributed by atoms with van der Waals surface area (Å²) in [6.45, 7) is 0. The van der Waals surface area contributed by atoms with Crippen LogP contribution in [-0.2, 0) is 9.84 Å². The van der Waals surface area contributed by atoms with Crippen molar-refractivity contribution in [1.29, 1.82) is 0 Å². The molecule has 0 aromatic heterocycles. The van der Waals surface area contributed by atoms with E-state index in [2.05, 4.69) is 0 Å². The number of rotatable bonds is 3. The fraction of sp³-hybridized carbons (Fsp3) is 0.538. The molecule has 1 unspecified atom stereocenters. The van der Waals surface area contributed by atoms with E-state index in [0.717, 1.165) is 18.4 Å². The molecule has 1 atom stereocenters. The molecule has 1 radical (unpaired) electrons. The maximum absolute atomic E-state index is 11.8. The minimum atomic E-state index is -1.01. The molecule has 1 saturated carbocycles. The molecule has 2 heteroatoms. The molecule has 1 aliphatic rings. The highest BCUT2D eigenvalue weighted by molar-refractivity contribution is 5.15. The Hall–Kier alpha value is -0.860. The van der Waals surface area contributed by atoms with Gasteiger partial charge in [0.15, 0.2) is 0 Å². The summed E-state index contributed by atoms with van der Waals surface area (Å²) < 4.78 is 5.52. The normalized spacial score (nSPS) is 20.1. The van der Waals surface area contributed by atoms with Gasteiger partial charge in [0.1, 0.15) is 0 Å². The van der Waals surface area contributed by atoms with Crippen molar-refractivity contribution in [2.45, 2.75) is 44.5 Å². The molecule has 0 amide bonds. The molecule has 0 spiro atoms. The lowest BCUT2D eigenvalue weighted by molar-refractivity contribution is -0.181. The third-order valence-electron chi connectivity index (χ3n) is 2.94. The van der Waals surface area contributed by atoms with Crippen molar-refractivity contribution in [2.24, 2.45) is 0 Å². The minimum Gasteiger partial charge on any atom is -0.343 e. The van der Waals surface area contributed by atoms with Gasteiger partial charge in [-0.05, 0) is 12.8 Å². The van der Waals surface area contributed by atoms with Gasteiger partial charge in [0.2, 0.25) is 6.29 Å².